The summed E-state index contributed by atoms with van der Waals surface area (Å²) in [4.78, 5) is 11.9. The highest BCUT2D eigenvalue weighted by molar-refractivity contribution is 8.18. The zero-order chi connectivity index (χ0) is 19.7. The Morgan fingerprint density at radius 1 is 1.30 bits per heavy atom. The molecule has 1 unspecified atom stereocenters. The molecule has 4 rings (SSSR count). The maximum absolute atomic E-state index is 16.9. The monoisotopic (exact) mass is 410 g/mol. The maximum atomic E-state index is 16.9. The van der Waals surface area contributed by atoms with Gasteiger partial charge in [-0.2, -0.15) is 0 Å². The summed E-state index contributed by atoms with van der Waals surface area (Å²) < 4.78 is 17.0. The number of hydrogen-bond donors (Lipinski definition) is 1. The van der Waals surface area contributed by atoms with Gasteiger partial charge in [0.2, 0.25) is 0 Å². The first-order valence-electron chi connectivity index (χ1n) is 10.2. The van der Waals surface area contributed by atoms with E-state index in [1.165, 1.54) is 6.08 Å². The van der Waals surface area contributed by atoms with E-state index in [0.29, 0.717) is 6.42 Å². The van der Waals surface area contributed by atoms with Crippen LogP contribution in [0.4, 0.5) is 4.39 Å². The lowest BCUT2D eigenvalue weighted by Crippen LogP contribution is -2.67. The van der Waals surface area contributed by atoms with Gasteiger partial charge in [0.25, 0.3) is 0 Å². The number of ketones is 1. The largest absolute Gasteiger partial charge is 0.390 e. The Labute approximate surface area is 170 Å². The summed E-state index contributed by atoms with van der Waals surface area (Å²) in [6, 6.07) is 0. The van der Waals surface area contributed by atoms with Gasteiger partial charge in [-0.1, -0.05) is 25.5 Å². The standard InChI is InChI=1S/C22H31FO2S2/c1-5-27-21(26-4)11-9-16-17-7-6-14-12-15(24)8-10-19(14,2)22(17,23)18(25)13-20(16,21)3/h8,10,12,16-18,25H,5-7,9,11,13H2,1-4H3/t16-,17-,18-,19-,20-,21-,22?/m0/s1. The molecule has 0 amide bonds. The van der Waals surface area contributed by atoms with Gasteiger partial charge in [0, 0.05) is 11.3 Å². The lowest BCUT2D eigenvalue weighted by molar-refractivity contribution is -0.189. The fourth-order valence-corrected chi connectivity index (χ4v) is 10.2. The minimum Gasteiger partial charge on any atom is -0.390 e. The lowest BCUT2D eigenvalue weighted by atomic mass is 9.46. The fraction of sp³-hybridized carbons (Fsp3) is 0.773. The number of fused-ring (bicyclic) bond motifs is 5. The van der Waals surface area contributed by atoms with Gasteiger partial charge in [-0.15, -0.1) is 23.5 Å². The van der Waals surface area contributed by atoms with E-state index in [9.17, 15) is 9.90 Å². The first-order chi connectivity index (χ1) is 12.7. The molecular formula is C22H31FO2S2. The van der Waals surface area contributed by atoms with Crippen molar-refractivity contribution in [1.82, 2.24) is 0 Å². The number of thioether (sulfide) groups is 2. The summed E-state index contributed by atoms with van der Waals surface area (Å²) in [5, 5.41) is 11.3. The average Bonchev–Trinajstić information content (AvgIpc) is 2.90. The summed E-state index contributed by atoms with van der Waals surface area (Å²) in [7, 11) is 0. The smallest absolute Gasteiger partial charge is 0.178 e. The van der Waals surface area contributed by atoms with Gasteiger partial charge in [0.15, 0.2) is 11.5 Å². The van der Waals surface area contributed by atoms with Crippen LogP contribution in [0.25, 0.3) is 0 Å². The number of aliphatic hydroxyl groups excluding tert-OH is 1. The molecule has 0 radical (unpaired) electrons. The Morgan fingerprint density at radius 3 is 2.70 bits per heavy atom. The predicted octanol–water partition coefficient (Wildman–Crippen LogP) is 5.17. The minimum absolute atomic E-state index is 0.0544. The molecule has 4 aliphatic carbocycles. The summed E-state index contributed by atoms with van der Waals surface area (Å²) in [5.41, 5.74) is -1.76. The van der Waals surface area contributed by atoms with Gasteiger partial charge in [-0.3, -0.25) is 4.79 Å². The van der Waals surface area contributed by atoms with Crippen LogP contribution >= 0.6 is 23.5 Å². The molecule has 0 aliphatic heterocycles. The van der Waals surface area contributed by atoms with Crippen LogP contribution in [0.1, 0.15) is 52.9 Å². The highest BCUT2D eigenvalue weighted by atomic mass is 32.2. The quantitative estimate of drug-likeness (QED) is 0.651. The van der Waals surface area contributed by atoms with Crippen molar-refractivity contribution in [3.8, 4) is 0 Å². The molecule has 3 fully saturated rings. The van der Waals surface area contributed by atoms with Crippen molar-refractivity contribution >= 4 is 29.3 Å². The minimum atomic E-state index is -1.69. The fourth-order valence-electron chi connectivity index (χ4n) is 7.02. The highest BCUT2D eigenvalue weighted by Gasteiger charge is 2.72. The molecule has 150 valence electrons. The molecule has 0 bridgehead atoms. The molecular weight excluding hydrogens is 379 g/mol. The van der Waals surface area contributed by atoms with E-state index in [4.69, 9.17) is 0 Å². The van der Waals surface area contributed by atoms with Gasteiger partial charge >= 0.3 is 0 Å². The molecule has 0 aromatic heterocycles. The number of rotatable bonds is 3. The van der Waals surface area contributed by atoms with E-state index in [1.54, 1.807) is 12.2 Å². The van der Waals surface area contributed by atoms with Crippen LogP contribution in [0.15, 0.2) is 23.8 Å². The highest BCUT2D eigenvalue weighted by Crippen LogP contribution is 2.73. The zero-order valence-corrected chi connectivity index (χ0v) is 18.4. The van der Waals surface area contributed by atoms with E-state index in [2.05, 4.69) is 20.1 Å². The summed E-state index contributed by atoms with van der Waals surface area (Å²) in [6.45, 7) is 6.40. The number of aliphatic hydroxyl groups is 1. The number of carbonyl (C=O) groups is 1. The molecule has 0 heterocycles. The second-order valence-electron chi connectivity index (χ2n) is 9.19. The third-order valence-corrected chi connectivity index (χ3v) is 12.0. The van der Waals surface area contributed by atoms with Crippen LogP contribution in [-0.2, 0) is 4.79 Å². The Morgan fingerprint density at radius 2 is 2.04 bits per heavy atom. The molecule has 27 heavy (non-hydrogen) atoms. The topological polar surface area (TPSA) is 37.3 Å². The number of alkyl halides is 1. The molecule has 0 saturated heterocycles. The summed E-state index contributed by atoms with van der Waals surface area (Å²) >= 11 is 3.90. The Kier molecular flexibility index (Phi) is 4.72. The lowest BCUT2D eigenvalue weighted by Gasteiger charge is -2.63. The van der Waals surface area contributed by atoms with Crippen LogP contribution in [-0.4, -0.2) is 38.8 Å². The number of allylic oxidation sites excluding steroid dienone is 4. The van der Waals surface area contributed by atoms with E-state index < -0.39 is 17.2 Å². The number of hydrogen-bond acceptors (Lipinski definition) is 4. The van der Waals surface area contributed by atoms with Crippen molar-refractivity contribution in [2.24, 2.45) is 22.7 Å². The number of carbonyl (C=O) groups excluding carboxylic acids is 1. The van der Waals surface area contributed by atoms with E-state index in [1.807, 2.05) is 30.4 Å². The van der Waals surface area contributed by atoms with Crippen molar-refractivity contribution in [2.75, 3.05) is 12.0 Å². The average molecular weight is 411 g/mol. The van der Waals surface area contributed by atoms with Crippen molar-refractivity contribution in [3.05, 3.63) is 23.8 Å². The van der Waals surface area contributed by atoms with Gasteiger partial charge in [-0.25, -0.2) is 4.39 Å². The molecule has 3 saturated carbocycles. The third kappa shape index (κ3) is 2.34. The molecule has 2 nitrogen and oxygen atoms in total. The Bertz CT molecular complexity index is 721. The van der Waals surface area contributed by atoms with Crippen LogP contribution < -0.4 is 0 Å². The molecule has 0 aromatic rings. The second kappa shape index (κ2) is 6.37. The van der Waals surface area contributed by atoms with Crippen molar-refractivity contribution in [1.29, 1.82) is 0 Å². The molecule has 0 aromatic carbocycles. The van der Waals surface area contributed by atoms with Crippen molar-refractivity contribution in [2.45, 2.75) is 68.7 Å². The van der Waals surface area contributed by atoms with E-state index in [0.717, 1.165) is 37.0 Å². The summed E-state index contributed by atoms with van der Waals surface area (Å²) in [5.74, 6) is 1.11. The van der Waals surface area contributed by atoms with Crippen LogP contribution in [0.2, 0.25) is 0 Å². The van der Waals surface area contributed by atoms with Crippen molar-refractivity contribution < 1.29 is 14.3 Å². The first-order valence-corrected chi connectivity index (χ1v) is 12.4. The molecule has 4 aliphatic rings. The Balaban J connectivity index is 1.80. The van der Waals surface area contributed by atoms with Crippen LogP contribution in [0.5, 0.6) is 0 Å². The maximum Gasteiger partial charge on any atom is 0.178 e. The molecule has 0 spiro atoms. The van der Waals surface area contributed by atoms with Crippen LogP contribution in [0, 0.1) is 22.7 Å². The van der Waals surface area contributed by atoms with E-state index in [-0.39, 0.29) is 27.1 Å². The normalized spacial score (nSPS) is 51.4. The van der Waals surface area contributed by atoms with Gasteiger partial charge in [-0.05, 0) is 74.5 Å². The SMILES string of the molecule is CCS[C@@]1(SC)CC[C@H]2[C@@H]3CCC4=CC(=O)C=C[C@]4(C)C3(F)[C@@H](O)C[C@@]21C. The van der Waals surface area contributed by atoms with Gasteiger partial charge in [0.1, 0.15) is 0 Å². The molecule has 7 atom stereocenters. The zero-order valence-electron chi connectivity index (χ0n) is 16.8. The third-order valence-electron chi connectivity index (χ3n) is 8.39. The van der Waals surface area contributed by atoms with E-state index >= 15 is 4.39 Å². The van der Waals surface area contributed by atoms with Gasteiger partial charge < -0.3 is 5.11 Å². The number of halogens is 1. The first kappa shape index (κ1) is 20.0. The summed E-state index contributed by atoms with van der Waals surface area (Å²) in [6.07, 6.45) is 10.2. The van der Waals surface area contributed by atoms with Crippen LogP contribution in [0.3, 0.4) is 0 Å². The molecule has 1 N–H and O–H groups in total. The molecule has 5 heteroatoms. The van der Waals surface area contributed by atoms with Gasteiger partial charge in [0.05, 0.1) is 10.2 Å². The predicted molar refractivity (Wildman–Crippen MR) is 113 cm³/mol. The van der Waals surface area contributed by atoms with Crippen molar-refractivity contribution in [3.63, 3.8) is 0 Å². The second-order valence-corrected chi connectivity index (χ2v) is 12.1. The Hall–Kier alpha value is -0.260.